The SMILES string of the molecule is COC1=CC(F)=CCC=C1C. The zero-order valence-corrected chi connectivity index (χ0v) is 6.73. The van der Waals surface area contributed by atoms with Gasteiger partial charge in [-0.2, -0.15) is 0 Å². The number of allylic oxidation sites excluding steroid dienone is 5. The summed E-state index contributed by atoms with van der Waals surface area (Å²) in [5.41, 5.74) is 0.983. The first-order valence-corrected chi connectivity index (χ1v) is 3.52. The first-order chi connectivity index (χ1) is 5.24. The summed E-state index contributed by atoms with van der Waals surface area (Å²) in [5.74, 6) is 0.381. The molecule has 11 heavy (non-hydrogen) atoms. The highest BCUT2D eigenvalue weighted by Crippen LogP contribution is 2.18. The average Bonchev–Trinajstić information content (AvgIpc) is 2.13. The Morgan fingerprint density at radius 1 is 1.45 bits per heavy atom. The fourth-order valence-electron chi connectivity index (χ4n) is 0.967. The summed E-state index contributed by atoms with van der Waals surface area (Å²) in [6.45, 7) is 1.90. The first kappa shape index (κ1) is 8.05. The van der Waals surface area contributed by atoms with Crippen LogP contribution in [0.5, 0.6) is 0 Å². The molecule has 0 radical (unpaired) electrons. The third-order valence-electron chi connectivity index (χ3n) is 1.61. The topological polar surface area (TPSA) is 9.23 Å². The Kier molecular flexibility index (Phi) is 2.47. The van der Waals surface area contributed by atoms with Crippen LogP contribution in [-0.4, -0.2) is 7.11 Å². The van der Waals surface area contributed by atoms with E-state index in [2.05, 4.69) is 0 Å². The van der Waals surface area contributed by atoms with Crippen LogP contribution in [0.4, 0.5) is 4.39 Å². The van der Waals surface area contributed by atoms with E-state index in [1.165, 1.54) is 12.2 Å². The molecule has 0 atom stereocenters. The van der Waals surface area contributed by atoms with Gasteiger partial charge in [0, 0.05) is 6.08 Å². The van der Waals surface area contributed by atoms with E-state index >= 15 is 0 Å². The van der Waals surface area contributed by atoms with Crippen molar-refractivity contribution < 1.29 is 9.13 Å². The maximum absolute atomic E-state index is 12.7. The largest absolute Gasteiger partial charge is 0.496 e. The maximum atomic E-state index is 12.7. The number of methoxy groups -OCH3 is 1. The van der Waals surface area contributed by atoms with Crippen molar-refractivity contribution in [2.75, 3.05) is 7.11 Å². The van der Waals surface area contributed by atoms with Gasteiger partial charge in [0.25, 0.3) is 0 Å². The summed E-state index contributed by atoms with van der Waals surface area (Å²) in [4.78, 5) is 0. The van der Waals surface area contributed by atoms with Crippen molar-refractivity contribution in [3.63, 3.8) is 0 Å². The predicted octanol–water partition coefficient (Wildman–Crippen LogP) is 2.72. The lowest BCUT2D eigenvalue weighted by Gasteiger charge is -2.03. The summed E-state index contributed by atoms with van der Waals surface area (Å²) in [5, 5.41) is 0. The van der Waals surface area contributed by atoms with E-state index in [-0.39, 0.29) is 5.83 Å². The van der Waals surface area contributed by atoms with Gasteiger partial charge < -0.3 is 4.74 Å². The molecule has 0 spiro atoms. The van der Waals surface area contributed by atoms with Crippen LogP contribution in [0.1, 0.15) is 13.3 Å². The van der Waals surface area contributed by atoms with Gasteiger partial charge in [-0.25, -0.2) is 4.39 Å². The zero-order chi connectivity index (χ0) is 8.27. The van der Waals surface area contributed by atoms with Crippen LogP contribution in [0.15, 0.2) is 35.4 Å². The molecule has 0 amide bonds. The van der Waals surface area contributed by atoms with E-state index in [0.29, 0.717) is 12.2 Å². The highest BCUT2D eigenvalue weighted by molar-refractivity contribution is 5.33. The van der Waals surface area contributed by atoms with Crippen molar-refractivity contribution in [1.29, 1.82) is 0 Å². The van der Waals surface area contributed by atoms with Crippen molar-refractivity contribution in [3.8, 4) is 0 Å². The second-order valence-electron chi connectivity index (χ2n) is 2.42. The molecule has 0 N–H and O–H groups in total. The molecule has 0 aromatic rings. The molecule has 0 heterocycles. The maximum Gasteiger partial charge on any atom is 0.124 e. The lowest BCUT2D eigenvalue weighted by atomic mass is 10.2. The Hall–Kier alpha value is -1.05. The van der Waals surface area contributed by atoms with Gasteiger partial charge in [-0.3, -0.25) is 0 Å². The fourth-order valence-corrected chi connectivity index (χ4v) is 0.967. The summed E-state index contributed by atoms with van der Waals surface area (Å²) >= 11 is 0. The minimum Gasteiger partial charge on any atom is -0.496 e. The van der Waals surface area contributed by atoms with Crippen LogP contribution in [0.2, 0.25) is 0 Å². The molecule has 60 valence electrons. The van der Waals surface area contributed by atoms with E-state index in [0.717, 1.165) is 5.57 Å². The van der Waals surface area contributed by atoms with Crippen LogP contribution < -0.4 is 0 Å². The van der Waals surface area contributed by atoms with Gasteiger partial charge in [0.2, 0.25) is 0 Å². The van der Waals surface area contributed by atoms with Gasteiger partial charge in [-0.05, 0) is 25.0 Å². The van der Waals surface area contributed by atoms with Crippen LogP contribution in [0, 0.1) is 0 Å². The quantitative estimate of drug-likeness (QED) is 0.564. The van der Waals surface area contributed by atoms with E-state index in [9.17, 15) is 4.39 Å². The normalized spacial score (nSPS) is 17.9. The molecule has 0 aromatic carbocycles. The number of ether oxygens (including phenoxy) is 1. The Bertz CT molecular complexity index is 236. The molecular formula is C9H11FO. The molecule has 0 aromatic heterocycles. The Morgan fingerprint density at radius 3 is 2.82 bits per heavy atom. The molecular weight excluding hydrogens is 143 g/mol. The van der Waals surface area contributed by atoms with E-state index in [4.69, 9.17) is 4.74 Å². The molecule has 1 aliphatic rings. The zero-order valence-electron chi connectivity index (χ0n) is 6.73. The summed E-state index contributed by atoms with van der Waals surface area (Å²) in [6, 6.07) is 0. The van der Waals surface area contributed by atoms with Crippen molar-refractivity contribution in [2.45, 2.75) is 13.3 Å². The molecule has 0 bridgehead atoms. The van der Waals surface area contributed by atoms with E-state index < -0.39 is 0 Å². The molecule has 0 aliphatic heterocycles. The summed E-state index contributed by atoms with van der Waals surface area (Å²) in [7, 11) is 1.54. The van der Waals surface area contributed by atoms with Gasteiger partial charge in [0.15, 0.2) is 0 Å². The highest BCUT2D eigenvalue weighted by atomic mass is 19.1. The minimum absolute atomic E-state index is 0.227. The second kappa shape index (κ2) is 3.37. The van der Waals surface area contributed by atoms with Gasteiger partial charge in [-0.1, -0.05) is 6.08 Å². The molecule has 0 saturated heterocycles. The Labute approximate surface area is 65.9 Å². The van der Waals surface area contributed by atoms with E-state index in [1.54, 1.807) is 7.11 Å². The second-order valence-corrected chi connectivity index (χ2v) is 2.42. The predicted molar refractivity (Wildman–Crippen MR) is 42.7 cm³/mol. The molecule has 0 unspecified atom stereocenters. The van der Waals surface area contributed by atoms with Crippen molar-refractivity contribution >= 4 is 0 Å². The summed E-state index contributed by atoms with van der Waals surface area (Å²) < 4.78 is 17.7. The molecule has 2 heteroatoms. The van der Waals surface area contributed by atoms with Gasteiger partial charge in [0.1, 0.15) is 11.6 Å². The number of hydrogen-bond donors (Lipinski definition) is 0. The highest BCUT2D eigenvalue weighted by Gasteiger charge is 2.03. The molecule has 0 fully saturated rings. The average molecular weight is 154 g/mol. The third kappa shape index (κ3) is 1.93. The molecule has 0 saturated carbocycles. The minimum atomic E-state index is -0.227. The Morgan fingerprint density at radius 2 is 2.18 bits per heavy atom. The third-order valence-corrected chi connectivity index (χ3v) is 1.61. The monoisotopic (exact) mass is 154 g/mol. The lowest BCUT2D eigenvalue weighted by molar-refractivity contribution is 0.299. The standard InChI is InChI=1S/C9H11FO/c1-7-4-3-5-8(10)6-9(7)11-2/h4-6H,3H2,1-2H3. The first-order valence-electron chi connectivity index (χ1n) is 3.52. The van der Waals surface area contributed by atoms with Crippen LogP contribution in [0.3, 0.4) is 0 Å². The van der Waals surface area contributed by atoms with Crippen LogP contribution in [-0.2, 0) is 4.74 Å². The lowest BCUT2D eigenvalue weighted by Crippen LogP contribution is -1.87. The molecule has 1 rings (SSSR count). The number of hydrogen-bond acceptors (Lipinski definition) is 1. The smallest absolute Gasteiger partial charge is 0.124 e. The van der Waals surface area contributed by atoms with E-state index in [1.807, 2.05) is 13.0 Å². The van der Waals surface area contributed by atoms with Crippen LogP contribution in [0.25, 0.3) is 0 Å². The molecule has 1 aliphatic carbocycles. The van der Waals surface area contributed by atoms with Crippen molar-refractivity contribution in [2.24, 2.45) is 0 Å². The molecule has 1 nitrogen and oxygen atoms in total. The Balaban J connectivity index is 2.92. The number of halogens is 1. The fraction of sp³-hybridized carbons (Fsp3) is 0.333. The summed E-state index contributed by atoms with van der Waals surface area (Å²) in [6.07, 6.45) is 5.50. The van der Waals surface area contributed by atoms with Crippen molar-refractivity contribution in [3.05, 3.63) is 35.4 Å². The van der Waals surface area contributed by atoms with Gasteiger partial charge >= 0.3 is 0 Å². The van der Waals surface area contributed by atoms with Crippen molar-refractivity contribution in [1.82, 2.24) is 0 Å². The van der Waals surface area contributed by atoms with Crippen LogP contribution >= 0.6 is 0 Å². The number of rotatable bonds is 1. The van der Waals surface area contributed by atoms with Gasteiger partial charge in [-0.15, -0.1) is 0 Å². The van der Waals surface area contributed by atoms with Gasteiger partial charge in [0.05, 0.1) is 7.11 Å².